The predicted octanol–water partition coefficient (Wildman–Crippen LogP) is 1.90. The minimum atomic E-state index is -0.155. The summed E-state index contributed by atoms with van der Waals surface area (Å²) in [7, 11) is 0. The zero-order valence-electron chi connectivity index (χ0n) is 8.56. The van der Waals surface area contributed by atoms with Crippen LogP contribution in [0.5, 0.6) is 11.5 Å². The molecule has 1 aromatic rings. The Morgan fingerprint density at radius 3 is 2.94 bits per heavy atom. The first-order valence-electron chi connectivity index (χ1n) is 4.87. The monoisotopic (exact) mass is 265 g/mol. The first kappa shape index (κ1) is 10.6. The van der Waals surface area contributed by atoms with E-state index in [1.54, 1.807) is 6.08 Å². The second-order valence-electron chi connectivity index (χ2n) is 3.46. The maximum atomic E-state index is 11.5. The molecule has 1 fully saturated rings. The van der Waals surface area contributed by atoms with Crippen molar-refractivity contribution in [1.29, 1.82) is 0 Å². The third kappa shape index (κ3) is 2.01. The number of amides is 1. The Balaban J connectivity index is 1.93. The van der Waals surface area contributed by atoms with Gasteiger partial charge in [0, 0.05) is 0 Å². The number of hydrogen-bond acceptors (Lipinski definition) is 5. The molecule has 0 aliphatic carbocycles. The summed E-state index contributed by atoms with van der Waals surface area (Å²) in [5.74, 6) is 1.27. The van der Waals surface area contributed by atoms with Crippen LogP contribution in [0, 0.1) is 0 Å². The minimum Gasteiger partial charge on any atom is -0.454 e. The van der Waals surface area contributed by atoms with Crippen LogP contribution in [0.15, 0.2) is 23.1 Å². The summed E-state index contributed by atoms with van der Waals surface area (Å²) in [6, 6.07) is 5.53. The van der Waals surface area contributed by atoms with Crippen LogP contribution in [0.25, 0.3) is 6.08 Å². The van der Waals surface area contributed by atoms with Crippen LogP contribution in [0.4, 0.5) is 0 Å². The van der Waals surface area contributed by atoms with Crippen molar-refractivity contribution in [2.75, 3.05) is 6.79 Å². The van der Waals surface area contributed by atoms with Crippen molar-refractivity contribution in [2.45, 2.75) is 0 Å². The van der Waals surface area contributed by atoms with Gasteiger partial charge in [-0.3, -0.25) is 4.79 Å². The molecular formula is C11H7NO3S2. The van der Waals surface area contributed by atoms with E-state index in [1.807, 2.05) is 18.2 Å². The number of rotatable bonds is 1. The molecule has 0 radical (unpaired) electrons. The molecule has 0 bridgehead atoms. The smallest absolute Gasteiger partial charge is 0.263 e. The second kappa shape index (κ2) is 4.05. The fraction of sp³-hybridized carbons (Fsp3) is 0.0909. The van der Waals surface area contributed by atoms with E-state index < -0.39 is 0 Å². The van der Waals surface area contributed by atoms with E-state index >= 15 is 0 Å². The summed E-state index contributed by atoms with van der Waals surface area (Å²) in [6.45, 7) is 0.245. The largest absolute Gasteiger partial charge is 0.454 e. The summed E-state index contributed by atoms with van der Waals surface area (Å²) in [6.07, 6.45) is 1.78. The van der Waals surface area contributed by atoms with Crippen molar-refractivity contribution in [3.63, 3.8) is 0 Å². The van der Waals surface area contributed by atoms with Gasteiger partial charge in [-0.25, -0.2) is 0 Å². The Bertz CT molecular complexity index is 554. The molecule has 2 heterocycles. The van der Waals surface area contributed by atoms with Crippen LogP contribution in [-0.2, 0) is 4.79 Å². The lowest BCUT2D eigenvalue weighted by atomic mass is 10.2. The summed E-state index contributed by atoms with van der Waals surface area (Å²) in [4.78, 5) is 12.1. The molecule has 0 atom stereocenters. The molecule has 2 aliphatic heterocycles. The van der Waals surface area contributed by atoms with Gasteiger partial charge >= 0.3 is 0 Å². The molecule has 0 saturated carbocycles. The van der Waals surface area contributed by atoms with Gasteiger partial charge in [-0.15, -0.1) is 0 Å². The Morgan fingerprint density at radius 1 is 1.35 bits per heavy atom. The van der Waals surface area contributed by atoms with Crippen LogP contribution in [0.1, 0.15) is 5.56 Å². The van der Waals surface area contributed by atoms with Gasteiger partial charge in [0.2, 0.25) is 6.79 Å². The van der Waals surface area contributed by atoms with Gasteiger partial charge in [-0.05, 0) is 23.8 Å². The number of carbonyl (C=O) groups is 1. The van der Waals surface area contributed by atoms with Crippen molar-refractivity contribution in [1.82, 2.24) is 5.32 Å². The third-order valence-corrected chi connectivity index (χ3v) is 3.50. The molecule has 2 aliphatic rings. The molecule has 0 unspecified atom stereocenters. The molecular weight excluding hydrogens is 258 g/mol. The first-order chi connectivity index (χ1) is 8.22. The molecule has 4 nitrogen and oxygen atoms in total. The van der Waals surface area contributed by atoms with Crippen molar-refractivity contribution in [3.8, 4) is 11.5 Å². The number of hydrogen-bond donors (Lipinski definition) is 1. The lowest BCUT2D eigenvalue weighted by Gasteiger charge is -1.98. The second-order valence-corrected chi connectivity index (χ2v) is 5.18. The van der Waals surface area contributed by atoms with E-state index in [0.717, 1.165) is 11.3 Å². The predicted molar refractivity (Wildman–Crippen MR) is 68.9 cm³/mol. The first-order valence-corrected chi connectivity index (χ1v) is 6.09. The Labute approximate surface area is 107 Å². The summed E-state index contributed by atoms with van der Waals surface area (Å²) in [5.41, 5.74) is 0.886. The van der Waals surface area contributed by atoms with Crippen molar-refractivity contribution in [2.24, 2.45) is 0 Å². The molecule has 3 rings (SSSR count). The van der Waals surface area contributed by atoms with Crippen LogP contribution < -0.4 is 14.8 Å². The van der Waals surface area contributed by atoms with E-state index in [9.17, 15) is 4.79 Å². The van der Waals surface area contributed by atoms with Gasteiger partial charge in [0.15, 0.2) is 11.5 Å². The van der Waals surface area contributed by atoms with Gasteiger partial charge in [0.25, 0.3) is 5.91 Å². The summed E-state index contributed by atoms with van der Waals surface area (Å²) >= 11 is 6.18. The third-order valence-electron chi connectivity index (χ3n) is 2.34. The van der Waals surface area contributed by atoms with E-state index in [0.29, 0.717) is 15.0 Å². The number of thiocarbonyl (C=S) groups is 1. The van der Waals surface area contributed by atoms with Gasteiger partial charge in [0.05, 0.1) is 4.91 Å². The number of fused-ring (bicyclic) bond motifs is 1. The zero-order valence-corrected chi connectivity index (χ0v) is 10.2. The van der Waals surface area contributed by atoms with Crippen molar-refractivity contribution < 1.29 is 14.3 Å². The molecule has 6 heteroatoms. The SMILES string of the molecule is O=C1NC(=S)S/C1=C/c1ccc2c(c1)OCO2. The maximum Gasteiger partial charge on any atom is 0.263 e. The van der Waals surface area contributed by atoms with E-state index in [2.05, 4.69) is 5.32 Å². The van der Waals surface area contributed by atoms with E-state index in [4.69, 9.17) is 21.7 Å². The Kier molecular flexibility index (Phi) is 2.53. The van der Waals surface area contributed by atoms with E-state index in [1.165, 1.54) is 11.8 Å². The summed E-state index contributed by atoms with van der Waals surface area (Å²) in [5, 5.41) is 2.57. The minimum absolute atomic E-state index is 0.155. The molecule has 86 valence electrons. The molecule has 1 aromatic carbocycles. The molecule has 1 N–H and O–H groups in total. The van der Waals surface area contributed by atoms with Gasteiger partial charge in [-0.2, -0.15) is 0 Å². The van der Waals surface area contributed by atoms with E-state index in [-0.39, 0.29) is 12.7 Å². The highest BCUT2D eigenvalue weighted by molar-refractivity contribution is 8.26. The average molecular weight is 265 g/mol. The highest BCUT2D eigenvalue weighted by Crippen LogP contribution is 2.34. The number of carbonyl (C=O) groups excluding carboxylic acids is 1. The molecule has 0 spiro atoms. The fourth-order valence-electron chi connectivity index (χ4n) is 1.58. The molecule has 17 heavy (non-hydrogen) atoms. The van der Waals surface area contributed by atoms with Crippen molar-refractivity contribution >= 4 is 40.3 Å². The lowest BCUT2D eigenvalue weighted by Crippen LogP contribution is -2.17. The number of nitrogens with one attached hydrogen (secondary N) is 1. The maximum absolute atomic E-state index is 11.5. The average Bonchev–Trinajstić information content (AvgIpc) is 2.85. The normalized spacial score (nSPS) is 19.9. The topological polar surface area (TPSA) is 47.6 Å². The van der Waals surface area contributed by atoms with Crippen LogP contribution >= 0.6 is 24.0 Å². The van der Waals surface area contributed by atoms with Gasteiger partial charge in [0.1, 0.15) is 4.32 Å². The van der Waals surface area contributed by atoms with Gasteiger partial charge < -0.3 is 14.8 Å². The molecule has 1 amide bonds. The molecule has 0 aromatic heterocycles. The van der Waals surface area contributed by atoms with Gasteiger partial charge in [-0.1, -0.05) is 30.0 Å². The summed E-state index contributed by atoms with van der Waals surface area (Å²) < 4.78 is 11.0. The van der Waals surface area contributed by atoms with Crippen molar-refractivity contribution in [3.05, 3.63) is 28.7 Å². The lowest BCUT2D eigenvalue weighted by molar-refractivity contribution is -0.115. The van der Waals surface area contributed by atoms with Crippen LogP contribution in [0.2, 0.25) is 0 Å². The van der Waals surface area contributed by atoms with Crippen LogP contribution in [-0.4, -0.2) is 17.0 Å². The van der Waals surface area contributed by atoms with Crippen LogP contribution in [0.3, 0.4) is 0 Å². The number of ether oxygens (including phenoxy) is 2. The molecule has 1 saturated heterocycles. The fourth-order valence-corrected chi connectivity index (χ4v) is 2.62. The number of thioether (sulfide) groups is 1. The Hall–Kier alpha value is -1.53. The number of benzene rings is 1. The quantitative estimate of drug-likeness (QED) is 0.621. The Morgan fingerprint density at radius 2 is 2.18 bits per heavy atom. The zero-order chi connectivity index (χ0) is 11.8. The highest BCUT2D eigenvalue weighted by atomic mass is 32.2. The highest BCUT2D eigenvalue weighted by Gasteiger charge is 2.22. The standard InChI is InChI=1S/C11H7NO3S2/c13-10-9(17-11(16)12-10)4-6-1-2-7-8(3-6)15-5-14-7/h1-4H,5H2,(H,12,13,16)/b9-4+.